The molecule has 0 aromatic heterocycles. The van der Waals surface area contributed by atoms with E-state index >= 15 is 0 Å². The van der Waals surface area contributed by atoms with Gasteiger partial charge in [0.25, 0.3) is 0 Å². The van der Waals surface area contributed by atoms with Gasteiger partial charge in [0, 0.05) is 37.6 Å². The number of ketones is 1. The molecule has 32 heavy (non-hydrogen) atoms. The molecule has 2 N–H and O–H groups in total. The zero-order valence-corrected chi connectivity index (χ0v) is 19.9. The lowest BCUT2D eigenvalue weighted by Crippen LogP contribution is -2.30. The first-order valence-electron chi connectivity index (χ1n) is 10.5. The number of rotatable bonds is 13. The van der Waals surface area contributed by atoms with Gasteiger partial charge >= 0.3 is 0 Å². The normalized spacial score (nSPS) is 13.2. The van der Waals surface area contributed by atoms with Crippen molar-refractivity contribution in [1.82, 2.24) is 0 Å². The SMILES string of the molecule is CCC(CCOC)/C(=C/S)C(=N)C(=O)C(Nc1cc(OC)cc(OC)c1)c1ccccc1. The van der Waals surface area contributed by atoms with E-state index in [1.807, 2.05) is 37.3 Å². The number of hydrogen-bond acceptors (Lipinski definition) is 7. The van der Waals surface area contributed by atoms with Gasteiger partial charge in [-0.25, -0.2) is 0 Å². The molecule has 2 rings (SSSR count). The van der Waals surface area contributed by atoms with Gasteiger partial charge in [0.05, 0.1) is 14.2 Å². The van der Waals surface area contributed by atoms with Crippen molar-refractivity contribution >= 4 is 29.8 Å². The van der Waals surface area contributed by atoms with Gasteiger partial charge < -0.3 is 19.5 Å². The van der Waals surface area contributed by atoms with Crippen LogP contribution in [0.15, 0.2) is 59.5 Å². The van der Waals surface area contributed by atoms with Crippen molar-refractivity contribution < 1.29 is 19.0 Å². The van der Waals surface area contributed by atoms with Crippen molar-refractivity contribution in [2.45, 2.75) is 25.8 Å². The van der Waals surface area contributed by atoms with Crippen LogP contribution in [0.25, 0.3) is 0 Å². The second kappa shape index (κ2) is 12.9. The minimum atomic E-state index is -0.760. The Hall–Kier alpha value is -2.77. The summed E-state index contributed by atoms with van der Waals surface area (Å²) in [5.41, 5.74) is 1.97. The van der Waals surface area contributed by atoms with Gasteiger partial charge in [0.1, 0.15) is 23.3 Å². The van der Waals surface area contributed by atoms with Gasteiger partial charge in [0.15, 0.2) is 0 Å². The van der Waals surface area contributed by atoms with Crippen molar-refractivity contribution in [3.8, 4) is 11.5 Å². The summed E-state index contributed by atoms with van der Waals surface area (Å²) in [6.07, 6.45) is 1.49. The molecule has 6 nitrogen and oxygen atoms in total. The van der Waals surface area contributed by atoms with Crippen molar-refractivity contribution in [3.63, 3.8) is 0 Å². The topological polar surface area (TPSA) is 80.6 Å². The number of carbonyl (C=O) groups excluding carboxylic acids is 1. The number of methoxy groups -OCH3 is 3. The molecular formula is C25H32N2O4S. The van der Waals surface area contributed by atoms with Crippen LogP contribution in [0.4, 0.5) is 5.69 Å². The number of carbonyl (C=O) groups is 1. The summed E-state index contributed by atoms with van der Waals surface area (Å²) >= 11 is 4.32. The van der Waals surface area contributed by atoms with Crippen molar-refractivity contribution in [3.05, 3.63) is 65.1 Å². The number of ether oxygens (including phenoxy) is 3. The van der Waals surface area contributed by atoms with E-state index in [1.54, 1.807) is 44.9 Å². The van der Waals surface area contributed by atoms with Crippen LogP contribution < -0.4 is 14.8 Å². The van der Waals surface area contributed by atoms with Crippen LogP contribution in [-0.4, -0.2) is 39.4 Å². The van der Waals surface area contributed by atoms with Crippen LogP contribution in [0.1, 0.15) is 31.4 Å². The van der Waals surface area contributed by atoms with Crippen molar-refractivity contribution in [1.29, 1.82) is 5.41 Å². The van der Waals surface area contributed by atoms with E-state index in [4.69, 9.17) is 19.6 Å². The summed E-state index contributed by atoms with van der Waals surface area (Å²) in [4.78, 5) is 13.6. The fourth-order valence-corrected chi connectivity index (χ4v) is 3.84. The Bertz CT molecular complexity index is 909. The van der Waals surface area contributed by atoms with Crippen molar-refractivity contribution in [2.75, 3.05) is 33.3 Å². The second-order valence-electron chi connectivity index (χ2n) is 7.30. The largest absolute Gasteiger partial charge is 0.497 e. The molecule has 2 aromatic carbocycles. The first kappa shape index (κ1) is 25.5. The lowest BCUT2D eigenvalue weighted by atomic mass is 9.86. The number of anilines is 1. The minimum absolute atomic E-state index is 0.0113. The highest BCUT2D eigenvalue weighted by atomic mass is 32.1. The standard InChI is InChI=1S/C25H32N2O4S/c1-5-17(11-12-29-2)22(16-32)23(26)25(28)24(18-9-7-6-8-10-18)27-19-13-20(30-3)15-21(14-19)31-4/h6-10,13-17,24,26-27,32H,5,11-12H2,1-4H3/b22-16-,26-23?. The third-order valence-corrected chi connectivity index (χ3v) is 5.61. The monoisotopic (exact) mass is 456 g/mol. The average molecular weight is 457 g/mol. The van der Waals surface area contributed by atoms with Gasteiger partial charge in [-0.3, -0.25) is 10.2 Å². The van der Waals surface area contributed by atoms with Crippen molar-refractivity contribution in [2.24, 2.45) is 5.92 Å². The highest BCUT2D eigenvalue weighted by molar-refractivity contribution is 7.83. The molecule has 0 bridgehead atoms. The third kappa shape index (κ3) is 6.61. The van der Waals surface area contributed by atoms with E-state index in [9.17, 15) is 4.79 Å². The van der Waals surface area contributed by atoms with Gasteiger partial charge in [-0.05, 0) is 35.3 Å². The Morgan fingerprint density at radius 3 is 2.22 bits per heavy atom. The molecule has 0 amide bonds. The van der Waals surface area contributed by atoms with E-state index in [0.717, 1.165) is 12.0 Å². The smallest absolute Gasteiger partial charge is 0.207 e. The molecule has 2 unspecified atom stereocenters. The molecule has 172 valence electrons. The summed E-state index contributed by atoms with van der Waals surface area (Å²) in [5.74, 6) is 0.872. The number of benzene rings is 2. The highest BCUT2D eigenvalue weighted by Gasteiger charge is 2.29. The van der Waals surface area contributed by atoms with Crippen LogP contribution in [0, 0.1) is 11.3 Å². The van der Waals surface area contributed by atoms with Gasteiger partial charge in [0.2, 0.25) is 5.78 Å². The predicted octanol–water partition coefficient (Wildman–Crippen LogP) is 5.32. The zero-order chi connectivity index (χ0) is 23.5. The molecule has 0 fully saturated rings. The number of nitrogens with one attached hydrogen (secondary N) is 2. The van der Waals surface area contributed by atoms with E-state index in [-0.39, 0.29) is 17.4 Å². The number of thiol groups is 1. The lowest BCUT2D eigenvalue weighted by Gasteiger charge is -2.24. The molecule has 2 atom stereocenters. The van der Waals surface area contributed by atoms with Crippen LogP contribution in [0.5, 0.6) is 11.5 Å². The Morgan fingerprint density at radius 1 is 1.09 bits per heavy atom. The quantitative estimate of drug-likeness (QED) is 0.281. The molecule has 0 aliphatic heterocycles. The molecule has 0 aliphatic rings. The second-order valence-corrected chi connectivity index (χ2v) is 7.56. The molecular weight excluding hydrogens is 424 g/mol. The lowest BCUT2D eigenvalue weighted by molar-refractivity contribution is -0.113. The summed E-state index contributed by atoms with van der Waals surface area (Å²) in [6, 6.07) is 13.9. The summed E-state index contributed by atoms with van der Waals surface area (Å²) in [7, 11) is 4.79. The Morgan fingerprint density at radius 2 is 1.72 bits per heavy atom. The van der Waals surface area contributed by atoms with E-state index in [0.29, 0.717) is 35.8 Å². The summed E-state index contributed by atoms with van der Waals surface area (Å²) < 4.78 is 15.9. The zero-order valence-electron chi connectivity index (χ0n) is 19.1. The Balaban J connectivity index is 2.41. The van der Waals surface area contributed by atoms with E-state index in [1.165, 1.54) is 0 Å². The number of allylic oxidation sites excluding steroid dienone is 1. The first-order valence-corrected chi connectivity index (χ1v) is 11.0. The summed E-state index contributed by atoms with van der Waals surface area (Å²) in [6.45, 7) is 2.58. The molecule has 0 heterocycles. The summed E-state index contributed by atoms with van der Waals surface area (Å²) in [5, 5.41) is 13.6. The third-order valence-electron chi connectivity index (χ3n) is 5.33. The fraction of sp³-hybridized carbons (Fsp3) is 0.360. The number of Topliss-reactive ketones (excluding diaryl/α,β-unsaturated/α-hetero) is 1. The molecule has 2 aromatic rings. The minimum Gasteiger partial charge on any atom is -0.497 e. The van der Waals surface area contributed by atoms with Gasteiger partial charge in [-0.15, -0.1) is 0 Å². The molecule has 7 heteroatoms. The van der Waals surface area contributed by atoms with Crippen LogP contribution in [0.2, 0.25) is 0 Å². The van der Waals surface area contributed by atoms with Gasteiger partial charge in [-0.2, -0.15) is 12.6 Å². The maximum Gasteiger partial charge on any atom is 0.207 e. The van der Waals surface area contributed by atoms with Gasteiger partial charge in [-0.1, -0.05) is 37.3 Å². The fourth-order valence-electron chi connectivity index (χ4n) is 3.50. The molecule has 0 spiro atoms. The maximum atomic E-state index is 13.6. The Kier molecular flexibility index (Phi) is 10.3. The first-order chi connectivity index (χ1) is 15.5. The predicted molar refractivity (Wildman–Crippen MR) is 132 cm³/mol. The van der Waals surface area contributed by atoms with Crippen LogP contribution >= 0.6 is 12.6 Å². The highest BCUT2D eigenvalue weighted by Crippen LogP contribution is 2.30. The molecule has 0 saturated heterocycles. The maximum absolute atomic E-state index is 13.6. The molecule has 0 radical (unpaired) electrons. The number of hydrogen-bond donors (Lipinski definition) is 3. The van der Waals surface area contributed by atoms with Crippen LogP contribution in [0.3, 0.4) is 0 Å². The molecule has 0 saturated carbocycles. The van der Waals surface area contributed by atoms with Crippen LogP contribution in [-0.2, 0) is 9.53 Å². The Labute approximate surface area is 195 Å². The van der Waals surface area contributed by atoms with E-state index < -0.39 is 6.04 Å². The van der Waals surface area contributed by atoms with E-state index in [2.05, 4.69) is 17.9 Å². The average Bonchev–Trinajstić information content (AvgIpc) is 2.84. The molecule has 0 aliphatic carbocycles.